The zero-order valence-electron chi connectivity index (χ0n) is 21.8. The number of carbonyl (C=O) groups excluding carboxylic acids is 1. The molecule has 0 saturated carbocycles. The first-order chi connectivity index (χ1) is 18.6. The van der Waals surface area contributed by atoms with Crippen LogP contribution >= 0.6 is 0 Å². The second-order valence-electron chi connectivity index (χ2n) is 9.22. The molecule has 3 heterocycles. The van der Waals surface area contributed by atoms with E-state index in [-0.39, 0.29) is 17.4 Å². The molecule has 2 aromatic carbocycles. The van der Waals surface area contributed by atoms with Gasteiger partial charge in [0, 0.05) is 37.8 Å². The second-order valence-corrected chi connectivity index (χ2v) is 11.4. The lowest BCUT2D eigenvalue weighted by molar-refractivity contribution is 0.0994. The molecule has 0 atom stereocenters. The molecule has 39 heavy (non-hydrogen) atoms. The van der Waals surface area contributed by atoms with Crippen molar-refractivity contribution in [2.75, 3.05) is 28.8 Å². The van der Waals surface area contributed by atoms with Crippen molar-refractivity contribution < 1.29 is 17.6 Å². The Bertz CT molecular complexity index is 1780. The fourth-order valence-corrected chi connectivity index (χ4v) is 4.98. The molecule has 0 aliphatic heterocycles. The number of imidazole rings is 1. The van der Waals surface area contributed by atoms with Crippen LogP contribution in [0, 0.1) is 6.92 Å². The zero-order chi connectivity index (χ0) is 27.7. The van der Waals surface area contributed by atoms with E-state index in [2.05, 4.69) is 20.6 Å². The van der Waals surface area contributed by atoms with E-state index in [1.165, 1.54) is 12.5 Å². The van der Waals surface area contributed by atoms with Gasteiger partial charge in [0.1, 0.15) is 11.3 Å². The number of benzene rings is 2. The molecule has 5 rings (SSSR count). The Hall–Kier alpha value is -4.71. The summed E-state index contributed by atoms with van der Waals surface area (Å²) in [6.45, 7) is 1.80. The highest BCUT2D eigenvalue weighted by Gasteiger charge is 2.19. The van der Waals surface area contributed by atoms with Gasteiger partial charge in [-0.3, -0.25) is 10.1 Å². The summed E-state index contributed by atoms with van der Waals surface area (Å²) in [5.74, 6) is 1.24. The van der Waals surface area contributed by atoms with E-state index in [0.29, 0.717) is 28.8 Å². The SMILES string of the molecule is Cc1ccoc1C(=O)Nc1nc2c(N(C)c3ccnc(Nc4ccc(CS(C)(=O)=O)cc4)n3)cccc2n1C. The third kappa shape index (κ3) is 5.60. The van der Waals surface area contributed by atoms with Gasteiger partial charge in [0.05, 0.1) is 23.2 Å². The van der Waals surface area contributed by atoms with Gasteiger partial charge in [0.2, 0.25) is 11.9 Å². The standard InChI is InChI=1S/C27H27N7O4S/c1-17-13-15-38-24(17)25(35)32-27-31-23-20(6-5-7-21(23)34(27)3)33(2)22-12-14-28-26(30-22)29-19-10-8-18(9-11-19)16-39(4,36)37/h5-15H,16H2,1-4H3,(H,28,29,30)(H,31,32,35). The Morgan fingerprint density at radius 1 is 1.08 bits per heavy atom. The van der Waals surface area contributed by atoms with Gasteiger partial charge in [-0.25, -0.2) is 18.4 Å². The number of aryl methyl sites for hydroxylation is 2. The summed E-state index contributed by atoms with van der Waals surface area (Å²) in [6.07, 6.45) is 4.33. The molecule has 0 fully saturated rings. The topological polar surface area (TPSA) is 135 Å². The number of carbonyl (C=O) groups is 1. The molecule has 5 aromatic rings. The maximum atomic E-state index is 12.7. The number of amides is 1. The minimum atomic E-state index is -3.11. The molecule has 2 N–H and O–H groups in total. The molecule has 0 saturated heterocycles. The normalized spacial score (nSPS) is 11.5. The number of furan rings is 1. The Balaban J connectivity index is 1.39. The highest BCUT2D eigenvalue weighted by atomic mass is 32.2. The monoisotopic (exact) mass is 545 g/mol. The maximum absolute atomic E-state index is 12.7. The van der Waals surface area contributed by atoms with Crippen LogP contribution in [0.25, 0.3) is 11.0 Å². The van der Waals surface area contributed by atoms with Crippen LogP contribution in [0.3, 0.4) is 0 Å². The molecule has 12 heteroatoms. The van der Waals surface area contributed by atoms with E-state index in [4.69, 9.17) is 9.40 Å². The molecule has 0 aliphatic carbocycles. The summed E-state index contributed by atoms with van der Waals surface area (Å²) < 4.78 is 30.2. The third-order valence-corrected chi connectivity index (χ3v) is 7.03. The number of anilines is 5. The predicted molar refractivity (Wildman–Crippen MR) is 150 cm³/mol. The maximum Gasteiger partial charge on any atom is 0.293 e. The lowest BCUT2D eigenvalue weighted by Crippen LogP contribution is -2.15. The van der Waals surface area contributed by atoms with Gasteiger partial charge in [0.15, 0.2) is 15.6 Å². The van der Waals surface area contributed by atoms with Crippen molar-refractivity contribution >= 4 is 55.9 Å². The van der Waals surface area contributed by atoms with Crippen molar-refractivity contribution in [1.29, 1.82) is 0 Å². The van der Waals surface area contributed by atoms with Crippen molar-refractivity contribution in [3.63, 3.8) is 0 Å². The summed E-state index contributed by atoms with van der Waals surface area (Å²) in [7, 11) is 0.598. The van der Waals surface area contributed by atoms with Gasteiger partial charge in [-0.1, -0.05) is 18.2 Å². The van der Waals surface area contributed by atoms with Crippen LogP contribution in [0.15, 0.2) is 71.5 Å². The second kappa shape index (κ2) is 10.2. The van der Waals surface area contributed by atoms with Crippen LogP contribution < -0.4 is 15.5 Å². The van der Waals surface area contributed by atoms with Crippen LogP contribution in [0.2, 0.25) is 0 Å². The number of hydrogen-bond acceptors (Lipinski definition) is 9. The minimum absolute atomic E-state index is 0.0169. The Morgan fingerprint density at radius 2 is 1.85 bits per heavy atom. The summed E-state index contributed by atoms with van der Waals surface area (Å²) in [5.41, 5.74) is 4.47. The quantitative estimate of drug-likeness (QED) is 0.287. The molecule has 3 aromatic heterocycles. The molecular weight excluding hydrogens is 518 g/mol. The zero-order valence-corrected chi connectivity index (χ0v) is 22.7. The summed E-state index contributed by atoms with van der Waals surface area (Å²) in [6, 6.07) is 16.4. The number of para-hydroxylation sites is 1. The average Bonchev–Trinajstić information content (AvgIpc) is 3.47. The van der Waals surface area contributed by atoms with E-state index in [9.17, 15) is 13.2 Å². The highest BCUT2D eigenvalue weighted by Crippen LogP contribution is 2.32. The minimum Gasteiger partial charge on any atom is -0.459 e. The van der Waals surface area contributed by atoms with Gasteiger partial charge in [0.25, 0.3) is 5.91 Å². The fourth-order valence-electron chi connectivity index (χ4n) is 4.18. The van der Waals surface area contributed by atoms with Gasteiger partial charge in [-0.15, -0.1) is 0 Å². The summed E-state index contributed by atoms with van der Waals surface area (Å²) >= 11 is 0. The molecule has 11 nitrogen and oxygen atoms in total. The van der Waals surface area contributed by atoms with Crippen molar-refractivity contribution in [1.82, 2.24) is 19.5 Å². The van der Waals surface area contributed by atoms with Crippen LogP contribution in [0.5, 0.6) is 0 Å². The number of fused-ring (bicyclic) bond motifs is 1. The van der Waals surface area contributed by atoms with Crippen LogP contribution in [-0.2, 0) is 22.6 Å². The lowest BCUT2D eigenvalue weighted by Gasteiger charge is -2.19. The van der Waals surface area contributed by atoms with Crippen molar-refractivity contribution in [2.45, 2.75) is 12.7 Å². The highest BCUT2D eigenvalue weighted by molar-refractivity contribution is 7.89. The smallest absolute Gasteiger partial charge is 0.293 e. The van der Waals surface area contributed by atoms with Gasteiger partial charge >= 0.3 is 0 Å². The Morgan fingerprint density at radius 3 is 2.54 bits per heavy atom. The van der Waals surface area contributed by atoms with E-state index in [0.717, 1.165) is 22.5 Å². The summed E-state index contributed by atoms with van der Waals surface area (Å²) in [5, 5.41) is 5.99. The number of aromatic nitrogens is 4. The average molecular weight is 546 g/mol. The van der Waals surface area contributed by atoms with Gasteiger partial charge in [-0.2, -0.15) is 4.98 Å². The number of sulfone groups is 1. The lowest BCUT2D eigenvalue weighted by atomic mass is 10.2. The molecule has 0 spiro atoms. The van der Waals surface area contributed by atoms with Crippen LogP contribution in [0.4, 0.5) is 29.1 Å². The fraction of sp³-hybridized carbons (Fsp3) is 0.185. The Labute approximate surface area is 225 Å². The summed E-state index contributed by atoms with van der Waals surface area (Å²) in [4.78, 5) is 28.3. The molecule has 200 valence electrons. The van der Waals surface area contributed by atoms with E-state index >= 15 is 0 Å². The molecule has 0 unspecified atom stereocenters. The largest absolute Gasteiger partial charge is 0.459 e. The number of nitrogens with one attached hydrogen (secondary N) is 2. The number of hydrogen-bond donors (Lipinski definition) is 2. The number of rotatable bonds is 8. The van der Waals surface area contributed by atoms with Crippen molar-refractivity contribution in [2.24, 2.45) is 7.05 Å². The first-order valence-electron chi connectivity index (χ1n) is 12.0. The molecule has 0 aliphatic rings. The third-order valence-electron chi connectivity index (χ3n) is 6.17. The predicted octanol–water partition coefficient (Wildman–Crippen LogP) is 4.57. The molecule has 1 amide bonds. The van der Waals surface area contributed by atoms with Gasteiger partial charge < -0.3 is 19.2 Å². The van der Waals surface area contributed by atoms with Crippen molar-refractivity contribution in [3.8, 4) is 0 Å². The molecule has 0 bridgehead atoms. The first-order valence-corrected chi connectivity index (χ1v) is 14.1. The van der Waals surface area contributed by atoms with E-state index in [1.807, 2.05) is 41.8 Å². The molecule has 0 radical (unpaired) electrons. The number of nitrogens with zero attached hydrogens (tertiary/aromatic N) is 5. The van der Waals surface area contributed by atoms with Crippen LogP contribution in [-0.4, -0.2) is 47.1 Å². The molecular formula is C27H27N7O4S. The van der Waals surface area contributed by atoms with Crippen molar-refractivity contribution in [3.05, 3.63) is 83.9 Å². The van der Waals surface area contributed by atoms with Gasteiger partial charge in [-0.05, 0) is 48.9 Å². The van der Waals surface area contributed by atoms with Crippen LogP contribution in [0.1, 0.15) is 21.7 Å². The van der Waals surface area contributed by atoms with E-state index in [1.54, 1.807) is 49.5 Å². The van der Waals surface area contributed by atoms with E-state index < -0.39 is 9.84 Å². The Kier molecular flexibility index (Phi) is 6.79. The first kappa shape index (κ1) is 25.9.